The summed E-state index contributed by atoms with van der Waals surface area (Å²) in [7, 11) is 0. The van der Waals surface area contributed by atoms with Gasteiger partial charge in [0.15, 0.2) is 0 Å². The van der Waals surface area contributed by atoms with E-state index in [1.807, 2.05) is 0 Å². The maximum Gasteiger partial charge on any atom is 0.416 e. The highest BCUT2D eigenvalue weighted by molar-refractivity contribution is 5.29. The Hall–Kier alpha value is -1.10. The zero-order valence-corrected chi connectivity index (χ0v) is 6.66. The zero-order valence-electron chi connectivity index (χ0n) is 6.66. The minimum absolute atomic E-state index is 0.00484. The van der Waals surface area contributed by atoms with Crippen LogP contribution >= 0.6 is 0 Å². The van der Waals surface area contributed by atoms with Crippen LogP contribution in [0.15, 0.2) is 18.2 Å². The molecule has 0 heterocycles. The number of hydrogen-bond donors (Lipinski definition) is 1. The number of quaternary nitrogens is 1. The molecule has 0 aliphatic carbocycles. The first-order valence-electron chi connectivity index (χ1n) is 3.60. The summed E-state index contributed by atoms with van der Waals surface area (Å²) in [5.41, 5.74) is 2.40. The van der Waals surface area contributed by atoms with Crippen LogP contribution in [0.2, 0.25) is 0 Å². The lowest BCUT2D eigenvalue weighted by Crippen LogP contribution is -2.48. The molecule has 0 aliphatic rings. The first-order chi connectivity index (χ1) is 5.95. The maximum atomic E-state index is 12.5. The smallest absolute Gasteiger partial charge is 0.354 e. The molecular weight excluding hydrogens is 186 g/mol. The highest BCUT2D eigenvalue weighted by Gasteiger charge is 2.33. The van der Waals surface area contributed by atoms with Crippen molar-refractivity contribution in [1.82, 2.24) is 0 Å². The van der Waals surface area contributed by atoms with Crippen LogP contribution in [0.3, 0.4) is 0 Å². The second kappa shape index (κ2) is 3.33. The lowest BCUT2D eigenvalue weighted by Gasteiger charge is -2.09. The summed E-state index contributed by atoms with van der Waals surface area (Å²) in [6.45, 7) is -0.00484. The number of rotatable bonds is 1. The monoisotopic (exact) mass is 194 g/mol. The average Bonchev–Trinajstić information content (AvgIpc) is 2.03. The van der Waals surface area contributed by atoms with Crippen LogP contribution < -0.4 is 5.73 Å². The van der Waals surface area contributed by atoms with Crippen molar-refractivity contribution in [3.8, 4) is 0 Å². The van der Waals surface area contributed by atoms with E-state index in [4.69, 9.17) is 0 Å². The van der Waals surface area contributed by atoms with Gasteiger partial charge in [0.05, 0.1) is 5.56 Å². The van der Waals surface area contributed by atoms with Crippen molar-refractivity contribution >= 4 is 0 Å². The number of benzene rings is 1. The fourth-order valence-corrected chi connectivity index (χ4v) is 1.03. The Morgan fingerprint density at radius 3 is 2.31 bits per heavy atom. The van der Waals surface area contributed by atoms with Crippen LogP contribution in [0.5, 0.6) is 0 Å². The largest absolute Gasteiger partial charge is 0.416 e. The van der Waals surface area contributed by atoms with E-state index < -0.39 is 17.6 Å². The lowest BCUT2D eigenvalue weighted by molar-refractivity contribution is -0.387. The summed E-state index contributed by atoms with van der Waals surface area (Å²) in [5.74, 6) is -0.885. The topological polar surface area (TPSA) is 27.6 Å². The van der Waals surface area contributed by atoms with E-state index >= 15 is 0 Å². The number of alkyl halides is 3. The summed E-state index contributed by atoms with van der Waals surface area (Å²) in [6, 6.07) is 2.58. The molecule has 0 bridgehead atoms. The predicted molar refractivity (Wildman–Crippen MR) is 38.0 cm³/mol. The van der Waals surface area contributed by atoms with Crippen LogP contribution in [-0.4, -0.2) is 0 Å². The van der Waals surface area contributed by atoms with Gasteiger partial charge < -0.3 is 5.73 Å². The van der Waals surface area contributed by atoms with Gasteiger partial charge in [0.1, 0.15) is 12.4 Å². The molecule has 0 radical (unpaired) electrons. The molecule has 0 aliphatic heterocycles. The van der Waals surface area contributed by atoms with E-state index in [0.29, 0.717) is 6.07 Å². The molecule has 72 valence electrons. The lowest BCUT2D eigenvalue weighted by atomic mass is 10.1. The van der Waals surface area contributed by atoms with Crippen molar-refractivity contribution < 1.29 is 23.3 Å². The van der Waals surface area contributed by atoms with Gasteiger partial charge in [-0.15, -0.1) is 0 Å². The summed E-state index contributed by atoms with van der Waals surface area (Å²) >= 11 is 0. The molecule has 1 aromatic carbocycles. The molecule has 1 aromatic rings. The Bertz CT molecular complexity index is 306. The zero-order chi connectivity index (χ0) is 10.1. The fraction of sp³-hybridized carbons (Fsp3) is 0.250. The molecule has 0 unspecified atom stereocenters. The third-order valence-corrected chi connectivity index (χ3v) is 1.65. The molecule has 5 heteroatoms. The van der Waals surface area contributed by atoms with Gasteiger partial charge in [-0.3, -0.25) is 0 Å². The van der Waals surface area contributed by atoms with Crippen molar-refractivity contribution in [2.24, 2.45) is 0 Å². The van der Waals surface area contributed by atoms with Crippen LogP contribution in [0.4, 0.5) is 17.6 Å². The second-order valence-corrected chi connectivity index (χ2v) is 2.55. The molecule has 0 amide bonds. The summed E-state index contributed by atoms with van der Waals surface area (Å²) in [5, 5.41) is 0. The molecule has 13 heavy (non-hydrogen) atoms. The molecule has 1 rings (SSSR count). The van der Waals surface area contributed by atoms with Crippen LogP contribution in [0, 0.1) is 5.82 Å². The predicted octanol–water partition coefficient (Wildman–Crippen LogP) is 1.59. The van der Waals surface area contributed by atoms with Crippen molar-refractivity contribution in [2.75, 3.05) is 0 Å². The normalized spacial score (nSPS) is 11.8. The first kappa shape index (κ1) is 9.98. The van der Waals surface area contributed by atoms with Gasteiger partial charge >= 0.3 is 6.18 Å². The van der Waals surface area contributed by atoms with Gasteiger partial charge in [-0.2, -0.15) is 13.2 Å². The van der Waals surface area contributed by atoms with Gasteiger partial charge in [-0.25, -0.2) is 4.39 Å². The van der Waals surface area contributed by atoms with Gasteiger partial charge in [-0.1, -0.05) is 0 Å². The van der Waals surface area contributed by atoms with E-state index in [9.17, 15) is 17.6 Å². The fourth-order valence-electron chi connectivity index (χ4n) is 1.03. The average molecular weight is 194 g/mol. The van der Waals surface area contributed by atoms with E-state index in [1.54, 1.807) is 0 Å². The summed E-state index contributed by atoms with van der Waals surface area (Å²) in [6.07, 6.45) is -4.50. The molecule has 0 atom stereocenters. The first-order valence-corrected chi connectivity index (χ1v) is 3.60. The minimum Gasteiger partial charge on any atom is -0.354 e. The standard InChI is InChI=1S/C8H7F4N/c9-6-2-1-5(4-13)7(3-6)8(10,11)12/h1-3H,4,13H2/p+1. The van der Waals surface area contributed by atoms with E-state index in [0.717, 1.165) is 12.1 Å². The summed E-state index contributed by atoms with van der Waals surface area (Å²) < 4.78 is 49.2. The third-order valence-electron chi connectivity index (χ3n) is 1.65. The van der Waals surface area contributed by atoms with Crippen LogP contribution in [-0.2, 0) is 12.7 Å². The number of hydrogen-bond acceptors (Lipinski definition) is 0. The van der Waals surface area contributed by atoms with Gasteiger partial charge in [0, 0.05) is 5.56 Å². The second-order valence-electron chi connectivity index (χ2n) is 2.55. The molecule has 0 spiro atoms. The molecule has 0 aromatic heterocycles. The Kier molecular flexibility index (Phi) is 2.56. The van der Waals surface area contributed by atoms with Gasteiger partial charge in [0.2, 0.25) is 0 Å². The molecule has 0 saturated carbocycles. The molecule has 0 fully saturated rings. The van der Waals surface area contributed by atoms with Crippen molar-refractivity contribution in [3.05, 3.63) is 35.1 Å². The van der Waals surface area contributed by atoms with Gasteiger partial charge in [0.25, 0.3) is 0 Å². The van der Waals surface area contributed by atoms with E-state index in [1.165, 1.54) is 0 Å². The Morgan fingerprint density at radius 1 is 1.23 bits per heavy atom. The highest BCUT2D eigenvalue weighted by Crippen LogP contribution is 2.32. The van der Waals surface area contributed by atoms with Crippen molar-refractivity contribution in [3.63, 3.8) is 0 Å². The third kappa shape index (κ3) is 2.18. The van der Waals surface area contributed by atoms with Gasteiger partial charge in [-0.05, 0) is 18.2 Å². The highest BCUT2D eigenvalue weighted by atomic mass is 19.4. The summed E-state index contributed by atoms with van der Waals surface area (Å²) in [4.78, 5) is 0. The molecule has 3 N–H and O–H groups in total. The Balaban J connectivity index is 3.24. The van der Waals surface area contributed by atoms with Crippen LogP contribution in [0.25, 0.3) is 0 Å². The SMILES string of the molecule is [NH3+]Cc1ccc(F)cc1C(F)(F)F. The van der Waals surface area contributed by atoms with E-state index in [2.05, 4.69) is 5.73 Å². The maximum absolute atomic E-state index is 12.5. The van der Waals surface area contributed by atoms with Crippen molar-refractivity contribution in [2.45, 2.75) is 12.7 Å². The Labute approximate surface area is 72.2 Å². The van der Waals surface area contributed by atoms with E-state index in [-0.39, 0.29) is 12.1 Å². The van der Waals surface area contributed by atoms with Crippen molar-refractivity contribution in [1.29, 1.82) is 0 Å². The van der Waals surface area contributed by atoms with Crippen LogP contribution in [0.1, 0.15) is 11.1 Å². The Morgan fingerprint density at radius 2 is 1.85 bits per heavy atom. The molecule has 0 saturated heterocycles. The quantitative estimate of drug-likeness (QED) is 0.657. The molecule has 1 nitrogen and oxygen atoms in total. The minimum atomic E-state index is -4.50. The molecular formula is C8H8F4N+. The number of halogens is 4.